The van der Waals surface area contributed by atoms with Crippen LogP contribution in [0.1, 0.15) is 56.5 Å². The van der Waals surface area contributed by atoms with E-state index in [1.54, 1.807) is 18.2 Å². The molecule has 1 aliphatic heterocycles. The van der Waals surface area contributed by atoms with Crippen LogP contribution in [0.2, 0.25) is 0 Å². The number of nitrogens with zero attached hydrogens (tertiary/aromatic N) is 3. The summed E-state index contributed by atoms with van der Waals surface area (Å²) in [4.78, 5) is 13.2. The number of aromatic nitrogens is 2. The Labute approximate surface area is 194 Å². The molecule has 0 aliphatic carbocycles. The molecule has 1 aliphatic rings. The molecule has 1 aromatic heterocycles. The Morgan fingerprint density at radius 3 is 2.42 bits per heavy atom. The van der Waals surface area contributed by atoms with Gasteiger partial charge < -0.3 is 26.5 Å². The van der Waals surface area contributed by atoms with Crippen molar-refractivity contribution in [3.63, 3.8) is 0 Å². The zero-order chi connectivity index (χ0) is 24.6. The number of phenolic OH excluding ortho intramolecular Hbond substituents is 1. The van der Waals surface area contributed by atoms with Crippen LogP contribution in [0.5, 0.6) is 5.75 Å². The number of benzene rings is 1. The van der Waals surface area contributed by atoms with E-state index in [0.29, 0.717) is 17.1 Å². The van der Waals surface area contributed by atoms with Crippen molar-refractivity contribution in [2.45, 2.75) is 57.7 Å². The largest absolute Gasteiger partial charge is 0.507 e. The summed E-state index contributed by atoms with van der Waals surface area (Å²) in [5.74, 6) is -0.372. The highest BCUT2D eigenvalue weighted by Crippen LogP contribution is 2.31. The molecule has 9 nitrogen and oxygen atoms in total. The molecule has 1 fully saturated rings. The van der Waals surface area contributed by atoms with E-state index in [4.69, 9.17) is 16.6 Å². The first kappa shape index (κ1) is 24.2. The molecule has 1 amide bonds. The van der Waals surface area contributed by atoms with E-state index in [-0.39, 0.29) is 34.1 Å². The van der Waals surface area contributed by atoms with Crippen molar-refractivity contribution in [3.05, 3.63) is 53.9 Å². The first-order chi connectivity index (χ1) is 15.3. The van der Waals surface area contributed by atoms with Gasteiger partial charge in [0.05, 0.1) is 23.2 Å². The van der Waals surface area contributed by atoms with Gasteiger partial charge in [0.25, 0.3) is 5.91 Å². The minimum atomic E-state index is -0.585. The summed E-state index contributed by atoms with van der Waals surface area (Å²) in [5.41, 5.74) is 6.40. The molecule has 3 rings (SSSR count). The summed E-state index contributed by atoms with van der Waals surface area (Å²) in [7, 11) is 1.91. The Hall–Kier alpha value is -3.46. The monoisotopic (exact) mass is 451 g/mol. The molecule has 2 aromatic rings. The van der Waals surface area contributed by atoms with Gasteiger partial charge >= 0.3 is 0 Å². The third-order valence-corrected chi connectivity index (χ3v) is 5.91. The minimum Gasteiger partial charge on any atom is -0.507 e. The zero-order valence-corrected chi connectivity index (χ0v) is 19.8. The van der Waals surface area contributed by atoms with E-state index in [9.17, 15) is 9.90 Å². The van der Waals surface area contributed by atoms with Crippen molar-refractivity contribution in [1.82, 2.24) is 20.0 Å². The average Bonchev–Trinajstić information content (AvgIpc) is 3.19. The van der Waals surface area contributed by atoms with E-state index < -0.39 is 5.91 Å². The maximum atomic E-state index is 11.3. The number of piperidine rings is 1. The van der Waals surface area contributed by atoms with Gasteiger partial charge in [0.15, 0.2) is 0 Å². The molecule has 2 heterocycles. The molecular weight excluding hydrogens is 418 g/mol. The number of primary amides is 1. The first-order valence-electron chi connectivity index (χ1n) is 10.8. The van der Waals surface area contributed by atoms with Gasteiger partial charge in [-0.15, -0.1) is 0 Å². The average molecular weight is 452 g/mol. The van der Waals surface area contributed by atoms with Crippen molar-refractivity contribution in [3.8, 4) is 11.4 Å². The van der Waals surface area contributed by atoms with Gasteiger partial charge in [0.2, 0.25) is 0 Å². The predicted molar refractivity (Wildman–Crippen MR) is 130 cm³/mol. The lowest BCUT2D eigenvalue weighted by molar-refractivity contribution is 0.1000. The van der Waals surface area contributed by atoms with Gasteiger partial charge in [-0.05, 0) is 64.8 Å². The number of hydrogen-bond acceptors (Lipinski definition) is 6. The van der Waals surface area contributed by atoms with Crippen LogP contribution in [0.4, 0.5) is 0 Å². The number of hydrogen-bond donors (Lipinski definition) is 5. The molecule has 6 N–H and O–H groups in total. The number of amidine groups is 1. The van der Waals surface area contributed by atoms with Gasteiger partial charge in [-0.25, -0.2) is 4.68 Å². The number of carbonyl (C=O) groups excluding carboxylic acids is 1. The molecule has 33 heavy (non-hydrogen) atoms. The lowest BCUT2D eigenvalue weighted by Gasteiger charge is -2.49. The number of allylic oxidation sites excluding steroid dienone is 1. The second kappa shape index (κ2) is 8.82. The van der Waals surface area contributed by atoms with Crippen LogP contribution < -0.4 is 11.1 Å². The number of aromatic hydroxyl groups is 1. The number of nitrogens with one attached hydrogen (secondary N) is 3. The Balaban J connectivity index is 1.70. The van der Waals surface area contributed by atoms with Crippen LogP contribution in [0.25, 0.3) is 5.69 Å². The smallest absolute Gasteiger partial charge is 0.251 e. The van der Waals surface area contributed by atoms with Gasteiger partial charge in [0.1, 0.15) is 11.6 Å². The van der Waals surface area contributed by atoms with E-state index in [1.807, 2.05) is 11.9 Å². The van der Waals surface area contributed by atoms with Crippen LogP contribution in [-0.4, -0.2) is 61.4 Å². The minimum absolute atomic E-state index is 0.0301. The predicted octanol–water partition coefficient (Wildman–Crippen LogP) is 2.82. The second-order valence-electron chi connectivity index (χ2n) is 9.94. The van der Waals surface area contributed by atoms with Crippen molar-refractivity contribution in [2.75, 3.05) is 7.05 Å². The Bertz CT molecular complexity index is 1100. The highest BCUT2D eigenvalue weighted by molar-refractivity contribution is 6.11. The summed E-state index contributed by atoms with van der Waals surface area (Å²) >= 11 is 0. The van der Waals surface area contributed by atoms with E-state index in [2.05, 4.69) is 38.1 Å². The molecular formula is C24H33N7O2. The molecule has 0 spiro atoms. The molecule has 0 atom stereocenters. The van der Waals surface area contributed by atoms with E-state index in [1.165, 1.54) is 29.2 Å². The van der Waals surface area contributed by atoms with Gasteiger partial charge in [-0.3, -0.25) is 10.2 Å². The Morgan fingerprint density at radius 1 is 1.24 bits per heavy atom. The molecule has 1 aromatic carbocycles. The summed E-state index contributed by atoms with van der Waals surface area (Å²) in [5, 5.41) is 35.0. The maximum Gasteiger partial charge on any atom is 0.251 e. The fourth-order valence-electron chi connectivity index (χ4n) is 4.59. The van der Waals surface area contributed by atoms with Crippen LogP contribution in [-0.2, 0) is 0 Å². The van der Waals surface area contributed by atoms with Gasteiger partial charge in [-0.2, -0.15) is 5.10 Å². The third kappa shape index (κ3) is 5.67. The highest BCUT2D eigenvalue weighted by atomic mass is 16.3. The quantitative estimate of drug-likeness (QED) is 0.339. The molecule has 0 saturated carbocycles. The third-order valence-electron chi connectivity index (χ3n) is 5.91. The molecule has 0 unspecified atom stereocenters. The molecule has 0 radical (unpaired) electrons. The summed E-state index contributed by atoms with van der Waals surface area (Å²) in [6.07, 6.45) is 7.75. The number of amides is 1. The van der Waals surface area contributed by atoms with E-state index in [0.717, 1.165) is 12.8 Å². The van der Waals surface area contributed by atoms with Crippen molar-refractivity contribution < 1.29 is 9.90 Å². The fourth-order valence-corrected chi connectivity index (χ4v) is 4.59. The summed E-state index contributed by atoms with van der Waals surface area (Å²) in [6.45, 7) is 8.70. The standard InChI is InChI=1S/C24H33N7O2/c1-23(2)11-17(12-24(3,4)29-23)30(5)21(26)9-8-19(25)18-7-6-16(10-20(18)32)31-14-15(13-28-31)22(27)33/h6-10,13-14,17,25-26,29,32H,11-12H2,1-5H3,(H2,27,33)/b9-8-,25-19?,26-21?. The normalized spacial score (nSPS) is 17.7. The molecule has 9 heteroatoms. The molecule has 176 valence electrons. The summed E-state index contributed by atoms with van der Waals surface area (Å²) in [6, 6.07) is 4.96. The van der Waals surface area contributed by atoms with Crippen molar-refractivity contribution in [2.24, 2.45) is 5.73 Å². The Kier molecular flexibility index (Phi) is 6.46. The molecule has 0 bridgehead atoms. The zero-order valence-electron chi connectivity index (χ0n) is 19.8. The topological polar surface area (TPSA) is 144 Å². The van der Waals surface area contributed by atoms with Crippen molar-refractivity contribution >= 4 is 17.5 Å². The van der Waals surface area contributed by atoms with Crippen LogP contribution in [0.3, 0.4) is 0 Å². The molecule has 1 saturated heterocycles. The lowest BCUT2D eigenvalue weighted by atomic mass is 9.79. The Morgan fingerprint density at radius 2 is 1.88 bits per heavy atom. The number of rotatable bonds is 6. The highest BCUT2D eigenvalue weighted by Gasteiger charge is 2.39. The number of phenols is 1. The fraction of sp³-hybridized carbons (Fsp3) is 0.417. The summed E-state index contributed by atoms with van der Waals surface area (Å²) < 4.78 is 1.43. The van der Waals surface area contributed by atoms with Crippen LogP contribution in [0.15, 0.2) is 42.7 Å². The SMILES string of the molecule is CN(C(=N)/C=C\C(=N)c1ccc(-n2cc(C(N)=O)cn2)cc1O)C1CC(C)(C)NC(C)(C)C1. The second-order valence-corrected chi connectivity index (χ2v) is 9.94. The number of carbonyl (C=O) groups is 1. The number of likely N-dealkylation sites (N-methyl/N-ethyl adjacent to an activating group) is 1. The lowest BCUT2D eigenvalue weighted by Crippen LogP contribution is -2.62. The first-order valence-corrected chi connectivity index (χ1v) is 10.8. The van der Waals surface area contributed by atoms with Crippen molar-refractivity contribution in [1.29, 1.82) is 10.8 Å². The van der Waals surface area contributed by atoms with Crippen LogP contribution >= 0.6 is 0 Å². The van der Waals surface area contributed by atoms with E-state index >= 15 is 0 Å². The van der Waals surface area contributed by atoms with Crippen LogP contribution in [0, 0.1) is 10.8 Å². The maximum absolute atomic E-state index is 11.3. The van der Waals surface area contributed by atoms with Gasteiger partial charge in [-0.1, -0.05) is 0 Å². The van der Waals surface area contributed by atoms with Gasteiger partial charge in [0, 0.05) is 42.0 Å². The number of nitrogens with two attached hydrogens (primary N) is 1.